The number of ether oxygens (including phenoxy) is 3. The second-order valence-electron chi connectivity index (χ2n) is 16.0. The molecule has 55 heavy (non-hydrogen) atoms. The van der Waals surface area contributed by atoms with Crippen LogP contribution in [0.15, 0.2) is 24.3 Å². The SMILES string of the molecule is CCCC/C=C\CCCCCCCC(=O)OC[C@H](COC(=O)CCCCCCC/C=C\CCCCCC)OC(=O)CCCCCCCCCCCCCCC. The molecule has 0 aliphatic heterocycles. The molecule has 0 fully saturated rings. The second-order valence-corrected chi connectivity index (χ2v) is 16.0. The predicted molar refractivity (Wildman–Crippen MR) is 233 cm³/mol. The van der Waals surface area contributed by atoms with Crippen LogP contribution in [-0.4, -0.2) is 37.2 Å². The third-order valence-corrected chi connectivity index (χ3v) is 10.4. The van der Waals surface area contributed by atoms with Crippen molar-refractivity contribution in [3.63, 3.8) is 0 Å². The largest absolute Gasteiger partial charge is 0.462 e. The minimum absolute atomic E-state index is 0.0753. The molecule has 6 nitrogen and oxygen atoms in total. The third-order valence-electron chi connectivity index (χ3n) is 10.4. The van der Waals surface area contributed by atoms with Crippen molar-refractivity contribution in [2.75, 3.05) is 13.2 Å². The van der Waals surface area contributed by atoms with Gasteiger partial charge in [0.05, 0.1) is 0 Å². The van der Waals surface area contributed by atoms with Crippen LogP contribution in [0.1, 0.15) is 252 Å². The molecule has 0 saturated carbocycles. The Morgan fingerprint density at radius 2 is 0.618 bits per heavy atom. The van der Waals surface area contributed by atoms with E-state index in [0.717, 1.165) is 70.6 Å². The van der Waals surface area contributed by atoms with E-state index < -0.39 is 6.10 Å². The maximum atomic E-state index is 12.7. The highest BCUT2D eigenvalue weighted by Gasteiger charge is 2.19. The van der Waals surface area contributed by atoms with E-state index in [9.17, 15) is 14.4 Å². The van der Waals surface area contributed by atoms with Gasteiger partial charge >= 0.3 is 17.9 Å². The number of rotatable bonds is 43. The molecule has 0 aromatic carbocycles. The van der Waals surface area contributed by atoms with Crippen LogP contribution in [0.5, 0.6) is 0 Å². The summed E-state index contributed by atoms with van der Waals surface area (Å²) >= 11 is 0. The number of hydrogen-bond donors (Lipinski definition) is 0. The number of allylic oxidation sites excluding steroid dienone is 4. The average molecular weight is 775 g/mol. The number of unbranched alkanes of at least 4 members (excludes halogenated alkanes) is 28. The van der Waals surface area contributed by atoms with Crippen molar-refractivity contribution in [3.05, 3.63) is 24.3 Å². The van der Waals surface area contributed by atoms with E-state index in [0.29, 0.717) is 19.3 Å². The molecule has 0 aromatic rings. The molecular formula is C49H90O6. The smallest absolute Gasteiger partial charge is 0.306 e. The fourth-order valence-electron chi connectivity index (χ4n) is 6.77. The van der Waals surface area contributed by atoms with Crippen LogP contribution in [-0.2, 0) is 28.6 Å². The van der Waals surface area contributed by atoms with E-state index in [4.69, 9.17) is 14.2 Å². The topological polar surface area (TPSA) is 78.9 Å². The summed E-state index contributed by atoms with van der Waals surface area (Å²) in [7, 11) is 0. The molecule has 0 aliphatic carbocycles. The number of esters is 3. The van der Waals surface area contributed by atoms with Crippen molar-refractivity contribution in [2.24, 2.45) is 0 Å². The van der Waals surface area contributed by atoms with Crippen molar-refractivity contribution in [1.82, 2.24) is 0 Å². The van der Waals surface area contributed by atoms with Gasteiger partial charge in [0, 0.05) is 19.3 Å². The monoisotopic (exact) mass is 775 g/mol. The molecule has 0 amide bonds. The normalized spacial score (nSPS) is 12.1. The zero-order valence-electron chi connectivity index (χ0n) is 36.7. The lowest BCUT2D eigenvalue weighted by atomic mass is 10.0. The lowest BCUT2D eigenvalue weighted by molar-refractivity contribution is -0.167. The van der Waals surface area contributed by atoms with Gasteiger partial charge in [-0.2, -0.15) is 0 Å². The molecule has 0 heterocycles. The van der Waals surface area contributed by atoms with Crippen LogP contribution in [0.4, 0.5) is 0 Å². The second kappa shape index (κ2) is 44.6. The van der Waals surface area contributed by atoms with Crippen LogP contribution in [0.2, 0.25) is 0 Å². The lowest BCUT2D eigenvalue weighted by Gasteiger charge is -2.18. The zero-order valence-corrected chi connectivity index (χ0v) is 36.7. The van der Waals surface area contributed by atoms with Gasteiger partial charge < -0.3 is 14.2 Å². The molecule has 1 atom stereocenters. The Morgan fingerprint density at radius 1 is 0.345 bits per heavy atom. The van der Waals surface area contributed by atoms with Crippen LogP contribution < -0.4 is 0 Å². The van der Waals surface area contributed by atoms with E-state index in [1.807, 2.05) is 0 Å². The zero-order chi connectivity index (χ0) is 40.1. The summed E-state index contributed by atoms with van der Waals surface area (Å²) < 4.78 is 16.7. The molecule has 0 N–H and O–H groups in total. The Labute approximate surface area is 341 Å². The Morgan fingerprint density at radius 3 is 0.982 bits per heavy atom. The molecule has 6 heteroatoms. The van der Waals surface area contributed by atoms with E-state index in [-0.39, 0.29) is 31.1 Å². The van der Waals surface area contributed by atoms with Crippen LogP contribution in [0, 0.1) is 0 Å². The first-order valence-corrected chi connectivity index (χ1v) is 23.8. The van der Waals surface area contributed by atoms with Crippen molar-refractivity contribution in [2.45, 2.75) is 258 Å². The summed E-state index contributed by atoms with van der Waals surface area (Å²) in [4.78, 5) is 37.8. The van der Waals surface area contributed by atoms with Crippen LogP contribution >= 0.6 is 0 Å². The minimum Gasteiger partial charge on any atom is -0.462 e. The molecule has 0 bridgehead atoms. The molecular weight excluding hydrogens is 685 g/mol. The predicted octanol–water partition coefficient (Wildman–Crippen LogP) is 15.2. The van der Waals surface area contributed by atoms with Gasteiger partial charge in [0.1, 0.15) is 13.2 Å². The number of hydrogen-bond acceptors (Lipinski definition) is 6. The van der Waals surface area contributed by atoms with Gasteiger partial charge in [0.2, 0.25) is 0 Å². The van der Waals surface area contributed by atoms with Gasteiger partial charge in [0.25, 0.3) is 0 Å². The van der Waals surface area contributed by atoms with E-state index in [2.05, 4.69) is 45.1 Å². The van der Waals surface area contributed by atoms with Gasteiger partial charge in [-0.3, -0.25) is 14.4 Å². The standard InChI is InChI=1S/C49H90O6/c1-4-7-10-13-16-19-22-24-27-30-33-36-39-42-48(51)54-45-46(44-53-47(50)41-38-35-32-29-26-21-18-15-12-9-6-3)55-49(52)43-40-37-34-31-28-25-23-20-17-14-11-8-5-2/h15,18-19,22,46H,4-14,16-17,20-21,23-45H2,1-3H3/b18-15-,22-19-/t46-/m1/s1. The fourth-order valence-corrected chi connectivity index (χ4v) is 6.77. The van der Waals surface area contributed by atoms with Crippen LogP contribution in [0.25, 0.3) is 0 Å². The Kier molecular flexibility index (Phi) is 42.9. The van der Waals surface area contributed by atoms with Crippen LogP contribution in [0.3, 0.4) is 0 Å². The molecule has 0 spiro atoms. The molecule has 0 aromatic heterocycles. The summed E-state index contributed by atoms with van der Waals surface area (Å²) in [6.07, 6.45) is 48.7. The minimum atomic E-state index is -0.771. The van der Waals surface area contributed by atoms with Gasteiger partial charge in [-0.15, -0.1) is 0 Å². The Balaban J connectivity index is 4.37. The first-order chi connectivity index (χ1) is 27.0. The van der Waals surface area contributed by atoms with Gasteiger partial charge in [-0.05, 0) is 64.2 Å². The molecule has 322 valence electrons. The maximum Gasteiger partial charge on any atom is 0.306 e. The Bertz CT molecular complexity index is 896. The molecule has 0 rings (SSSR count). The highest BCUT2D eigenvalue weighted by Crippen LogP contribution is 2.15. The summed E-state index contributed by atoms with van der Waals surface area (Å²) in [5, 5.41) is 0. The first-order valence-electron chi connectivity index (χ1n) is 23.8. The maximum absolute atomic E-state index is 12.7. The van der Waals surface area contributed by atoms with E-state index in [1.165, 1.54) is 141 Å². The highest BCUT2D eigenvalue weighted by atomic mass is 16.6. The van der Waals surface area contributed by atoms with E-state index in [1.54, 1.807) is 0 Å². The average Bonchev–Trinajstić information content (AvgIpc) is 3.18. The van der Waals surface area contributed by atoms with Crippen molar-refractivity contribution in [1.29, 1.82) is 0 Å². The molecule has 0 saturated heterocycles. The lowest BCUT2D eigenvalue weighted by Crippen LogP contribution is -2.30. The highest BCUT2D eigenvalue weighted by molar-refractivity contribution is 5.71. The molecule has 0 unspecified atom stereocenters. The fraction of sp³-hybridized carbons (Fsp3) is 0.857. The Hall–Kier alpha value is -2.11. The summed E-state index contributed by atoms with van der Waals surface area (Å²) in [5.74, 6) is -0.886. The van der Waals surface area contributed by atoms with Crippen molar-refractivity contribution < 1.29 is 28.6 Å². The summed E-state index contributed by atoms with van der Waals surface area (Å²) in [6, 6.07) is 0. The molecule has 0 aliphatic rings. The van der Waals surface area contributed by atoms with Crippen molar-refractivity contribution >= 4 is 17.9 Å². The van der Waals surface area contributed by atoms with Gasteiger partial charge in [-0.25, -0.2) is 0 Å². The quantitative estimate of drug-likeness (QED) is 0.0266. The van der Waals surface area contributed by atoms with Gasteiger partial charge in [-0.1, -0.05) is 193 Å². The third kappa shape index (κ3) is 42.9. The molecule has 0 radical (unpaired) electrons. The van der Waals surface area contributed by atoms with Gasteiger partial charge in [0.15, 0.2) is 6.10 Å². The van der Waals surface area contributed by atoms with E-state index >= 15 is 0 Å². The number of carbonyl (C=O) groups excluding carboxylic acids is 3. The van der Waals surface area contributed by atoms with Crippen molar-refractivity contribution in [3.8, 4) is 0 Å². The first kappa shape index (κ1) is 52.9. The summed E-state index contributed by atoms with van der Waals surface area (Å²) in [5.41, 5.74) is 0. The number of carbonyl (C=O) groups is 3. The summed E-state index contributed by atoms with van der Waals surface area (Å²) in [6.45, 7) is 6.58.